The zero-order valence-electron chi connectivity index (χ0n) is 19.2. The Balaban J connectivity index is 1.28. The summed E-state index contributed by atoms with van der Waals surface area (Å²) in [5.41, 5.74) is 3.82. The highest BCUT2D eigenvalue weighted by molar-refractivity contribution is 7.09. The molecular weight excluding hydrogens is 402 g/mol. The lowest BCUT2D eigenvalue weighted by molar-refractivity contribution is -0.133. The lowest BCUT2D eigenvalue weighted by atomic mass is 9.94. The second kappa shape index (κ2) is 10.7. The van der Waals surface area contributed by atoms with Crippen LogP contribution in [-0.2, 0) is 17.6 Å². The molecule has 1 aliphatic carbocycles. The number of hydrogen-bond donors (Lipinski definition) is 0. The van der Waals surface area contributed by atoms with E-state index in [1.165, 1.54) is 49.7 Å². The lowest BCUT2D eigenvalue weighted by Crippen LogP contribution is -2.45. The summed E-state index contributed by atoms with van der Waals surface area (Å²) in [5, 5.41) is 3.10. The van der Waals surface area contributed by atoms with Gasteiger partial charge >= 0.3 is 0 Å². The molecule has 1 saturated heterocycles. The molecule has 0 unspecified atom stereocenters. The van der Waals surface area contributed by atoms with Crippen molar-refractivity contribution in [1.82, 2.24) is 14.8 Å². The summed E-state index contributed by atoms with van der Waals surface area (Å²) >= 11 is 1.64. The Morgan fingerprint density at radius 3 is 2.55 bits per heavy atom. The predicted octanol–water partition coefficient (Wildman–Crippen LogP) is 5.03. The van der Waals surface area contributed by atoms with E-state index in [1.54, 1.807) is 11.3 Å². The summed E-state index contributed by atoms with van der Waals surface area (Å²) in [6.45, 7) is 8.64. The quantitative estimate of drug-likeness (QED) is 0.579. The van der Waals surface area contributed by atoms with Crippen molar-refractivity contribution >= 4 is 17.2 Å². The number of hydrogen-bond acceptors (Lipinski definition) is 4. The number of likely N-dealkylation sites (tertiary alicyclic amines) is 1. The molecule has 1 saturated carbocycles. The zero-order valence-corrected chi connectivity index (χ0v) is 20.0. The molecule has 2 aliphatic rings. The molecule has 2 fully saturated rings. The van der Waals surface area contributed by atoms with Gasteiger partial charge in [-0.25, -0.2) is 4.98 Å². The number of amides is 1. The monoisotopic (exact) mass is 439 g/mol. The maximum Gasteiger partial charge on any atom is 0.228 e. The molecule has 1 aliphatic heterocycles. The maximum absolute atomic E-state index is 13.2. The molecule has 0 atom stereocenters. The number of thiazole rings is 1. The van der Waals surface area contributed by atoms with E-state index in [9.17, 15) is 4.79 Å². The van der Waals surface area contributed by atoms with Crippen molar-refractivity contribution < 1.29 is 4.79 Å². The average Bonchev–Trinajstić information content (AvgIpc) is 3.44. The SMILES string of the molecule is Cc1nc(CC(=O)N(CC2CCN(CCc3ccccc3C)CC2)C2CCCC2)cs1. The number of rotatable bonds is 8. The number of piperidine rings is 1. The molecule has 0 radical (unpaired) electrons. The van der Waals surface area contributed by atoms with E-state index in [0.29, 0.717) is 24.3 Å². The van der Waals surface area contributed by atoms with E-state index >= 15 is 0 Å². The maximum atomic E-state index is 13.2. The minimum Gasteiger partial charge on any atom is -0.339 e. The van der Waals surface area contributed by atoms with Gasteiger partial charge in [-0.3, -0.25) is 4.79 Å². The molecule has 0 N–H and O–H groups in total. The van der Waals surface area contributed by atoms with Crippen LogP contribution in [0.2, 0.25) is 0 Å². The molecule has 4 rings (SSSR count). The predicted molar refractivity (Wildman–Crippen MR) is 129 cm³/mol. The Labute approximate surface area is 191 Å². The average molecular weight is 440 g/mol. The van der Waals surface area contributed by atoms with Gasteiger partial charge in [0.25, 0.3) is 0 Å². The van der Waals surface area contributed by atoms with Crippen molar-refractivity contribution in [1.29, 1.82) is 0 Å². The van der Waals surface area contributed by atoms with Crippen molar-refractivity contribution in [3.05, 3.63) is 51.5 Å². The zero-order chi connectivity index (χ0) is 21.6. The lowest BCUT2D eigenvalue weighted by Gasteiger charge is -2.37. The molecular formula is C26H37N3OS. The summed E-state index contributed by atoms with van der Waals surface area (Å²) in [5.74, 6) is 0.926. The molecule has 5 heteroatoms. The first kappa shape index (κ1) is 22.5. The van der Waals surface area contributed by atoms with E-state index < -0.39 is 0 Å². The molecule has 2 aromatic rings. The third-order valence-corrected chi connectivity index (χ3v) is 8.03. The summed E-state index contributed by atoms with van der Waals surface area (Å²) in [6, 6.07) is 9.19. The fourth-order valence-electron chi connectivity index (χ4n) is 5.26. The molecule has 0 spiro atoms. The van der Waals surface area contributed by atoms with E-state index in [2.05, 4.69) is 46.0 Å². The van der Waals surface area contributed by atoms with Crippen molar-refractivity contribution in [3.63, 3.8) is 0 Å². The number of carbonyl (C=O) groups excluding carboxylic acids is 1. The summed E-state index contributed by atoms with van der Waals surface area (Å²) in [7, 11) is 0. The van der Waals surface area contributed by atoms with Crippen LogP contribution in [0.25, 0.3) is 0 Å². The van der Waals surface area contributed by atoms with Crippen molar-refractivity contribution in [2.24, 2.45) is 5.92 Å². The van der Waals surface area contributed by atoms with Gasteiger partial charge in [-0.2, -0.15) is 0 Å². The number of benzene rings is 1. The third kappa shape index (κ3) is 6.17. The number of aromatic nitrogens is 1. The molecule has 2 heterocycles. The summed E-state index contributed by atoms with van der Waals surface area (Å²) in [6.07, 6.45) is 8.91. The highest BCUT2D eigenvalue weighted by Gasteiger charge is 2.30. The molecule has 1 aromatic heterocycles. The van der Waals surface area contributed by atoms with Gasteiger partial charge in [0.15, 0.2) is 0 Å². The van der Waals surface area contributed by atoms with Crippen LogP contribution in [-0.4, -0.2) is 52.9 Å². The van der Waals surface area contributed by atoms with Crippen LogP contribution in [0.4, 0.5) is 0 Å². The van der Waals surface area contributed by atoms with Gasteiger partial charge in [0.2, 0.25) is 5.91 Å². The van der Waals surface area contributed by atoms with Crippen molar-refractivity contribution in [2.45, 2.75) is 71.3 Å². The fourth-order valence-corrected chi connectivity index (χ4v) is 5.87. The van der Waals surface area contributed by atoms with Gasteiger partial charge in [0.1, 0.15) is 0 Å². The number of carbonyl (C=O) groups is 1. The standard InChI is InChI=1S/C26H37N3OS/c1-20-7-3-4-8-23(20)13-16-28-14-11-22(12-15-28)18-29(25-9-5-6-10-25)26(30)17-24-19-31-21(2)27-24/h3-4,7-8,19,22,25H,5-6,9-18H2,1-2H3. The van der Waals surface area contributed by atoms with Crippen LogP contribution in [0.5, 0.6) is 0 Å². The second-order valence-corrected chi connectivity index (χ2v) is 10.5. The first-order valence-electron chi connectivity index (χ1n) is 12.1. The van der Waals surface area contributed by atoms with Gasteiger partial charge < -0.3 is 9.80 Å². The Bertz CT molecular complexity index is 850. The second-order valence-electron chi connectivity index (χ2n) is 9.48. The van der Waals surface area contributed by atoms with E-state index in [0.717, 1.165) is 43.3 Å². The van der Waals surface area contributed by atoms with Crippen molar-refractivity contribution in [2.75, 3.05) is 26.2 Å². The fraction of sp³-hybridized carbons (Fsp3) is 0.615. The van der Waals surface area contributed by atoms with E-state index in [1.807, 2.05) is 12.3 Å². The first-order valence-corrected chi connectivity index (χ1v) is 12.9. The van der Waals surface area contributed by atoms with Gasteiger partial charge in [-0.15, -0.1) is 11.3 Å². The minimum absolute atomic E-state index is 0.291. The Morgan fingerprint density at radius 2 is 1.87 bits per heavy atom. The van der Waals surface area contributed by atoms with Crippen LogP contribution in [0.1, 0.15) is 60.4 Å². The molecule has 0 bridgehead atoms. The number of nitrogens with zero attached hydrogens (tertiary/aromatic N) is 3. The van der Waals surface area contributed by atoms with Crippen LogP contribution >= 0.6 is 11.3 Å². The Hall–Kier alpha value is -1.72. The molecule has 1 aromatic carbocycles. The number of aryl methyl sites for hydroxylation is 2. The highest BCUT2D eigenvalue weighted by atomic mass is 32.1. The van der Waals surface area contributed by atoms with Gasteiger partial charge in [-0.1, -0.05) is 37.1 Å². The van der Waals surface area contributed by atoms with Crippen LogP contribution in [0.3, 0.4) is 0 Å². The molecule has 168 valence electrons. The van der Waals surface area contributed by atoms with Gasteiger partial charge in [-0.05, 0) is 76.1 Å². The smallest absolute Gasteiger partial charge is 0.228 e. The molecule has 31 heavy (non-hydrogen) atoms. The third-order valence-electron chi connectivity index (χ3n) is 7.21. The topological polar surface area (TPSA) is 36.4 Å². The normalized spacial score (nSPS) is 18.5. The minimum atomic E-state index is 0.291. The van der Waals surface area contributed by atoms with Crippen LogP contribution < -0.4 is 0 Å². The van der Waals surface area contributed by atoms with Gasteiger partial charge in [0.05, 0.1) is 17.1 Å². The first-order chi connectivity index (χ1) is 15.1. The van der Waals surface area contributed by atoms with Crippen molar-refractivity contribution in [3.8, 4) is 0 Å². The van der Waals surface area contributed by atoms with E-state index in [-0.39, 0.29) is 0 Å². The largest absolute Gasteiger partial charge is 0.339 e. The molecule has 4 nitrogen and oxygen atoms in total. The van der Waals surface area contributed by atoms with Crippen LogP contribution in [0.15, 0.2) is 29.6 Å². The Kier molecular flexibility index (Phi) is 7.78. The molecule has 1 amide bonds. The summed E-state index contributed by atoms with van der Waals surface area (Å²) in [4.78, 5) is 22.6. The van der Waals surface area contributed by atoms with Gasteiger partial charge in [0, 0.05) is 24.5 Å². The summed E-state index contributed by atoms with van der Waals surface area (Å²) < 4.78 is 0. The van der Waals surface area contributed by atoms with Crippen LogP contribution in [0, 0.1) is 19.8 Å². The van der Waals surface area contributed by atoms with E-state index in [4.69, 9.17) is 0 Å². The Morgan fingerprint density at radius 1 is 1.13 bits per heavy atom. The highest BCUT2D eigenvalue weighted by Crippen LogP contribution is 2.28.